The molecule has 0 bridgehead atoms. The molecule has 2 fully saturated rings. The second-order valence-corrected chi connectivity index (χ2v) is 7.38. The lowest BCUT2D eigenvalue weighted by molar-refractivity contribution is 0.0817. The van der Waals surface area contributed by atoms with Gasteiger partial charge in [-0.15, -0.1) is 0 Å². The van der Waals surface area contributed by atoms with Crippen LogP contribution >= 0.6 is 11.8 Å². The lowest BCUT2D eigenvalue weighted by Crippen LogP contribution is -2.56. The Bertz CT molecular complexity index is 555. The van der Waals surface area contributed by atoms with Crippen molar-refractivity contribution in [2.24, 2.45) is 0 Å². The maximum atomic E-state index is 12.3. The lowest BCUT2D eigenvalue weighted by atomic mass is 9.94. The quantitative estimate of drug-likeness (QED) is 0.881. The molecule has 3 rings (SSSR count). The smallest absolute Gasteiger partial charge is 0.252 e. The molecular weight excluding hydrogens is 298 g/mol. The van der Waals surface area contributed by atoms with Crippen molar-refractivity contribution in [1.29, 1.82) is 0 Å². The van der Waals surface area contributed by atoms with Crippen LogP contribution in [0.1, 0.15) is 36.0 Å². The minimum Gasteiger partial charge on any atom is -0.350 e. The minimum absolute atomic E-state index is 0.103. The van der Waals surface area contributed by atoms with E-state index in [1.54, 1.807) is 6.07 Å². The Balaban J connectivity index is 1.65. The summed E-state index contributed by atoms with van der Waals surface area (Å²) in [5, 5.41) is 3.09. The van der Waals surface area contributed by atoms with Crippen molar-refractivity contribution in [3.8, 4) is 0 Å². The maximum absolute atomic E-state index is 12.3. The standard InChI is InChI=1S/C16H23N3O2S/c20-14-4-3-13(11-17-14)15(21)18-12-16(5-1-2-6-16)19-7-9-22-10-8-19/h3-4,11H,1-2,5-10,12H2,(H,17,20)(H,18,21). The number of hydrogen-bond acceptors (Lipinski definition) is 4. The molecule has 120 valence electrons. The van der Waals surface area contributed by atoms with E-state index in [4.69, 9.17) is 0 Å². The summed E-state index contributed by atoms with van der Waals surface area (Å²) in [5.74, 6) is 2.28. The van der Waals surface area contributed by atoms with Gasteiger partial charge >= 0.3 is 0 Å². The molecule has 1 aromatic heterocycles. The fourth-order valence-corrected chi connectivity index (χ4v) is 4.48. The number of carbonyl (C=O) groups is 1. The number of aromatic nitrogens is 1. The van der Waals surface area contributed by atoms with Crippen LogP contribution in [0.3, 0.4) is 0 Å². The summed E-state index contributed by atoms with van der Waals surface area (Å²) in [6.07, 6.45) is 6.32. The van der Waals surface area contributed by atoms with E-state index in [-0.39, 0.29) is 17.0 Å². The fourth-order valence-electron chi connectivity index (χ4n) is 3.57. The van der Waals surface area contributed by atoms with E-state index in [9.17, 15) is 9.59 Å². The monoisotopic (exact) mass is 321 g/mol. The van der Waals surface area contributed by atoms with Gasteiger partial charge in [-0.2, -0.15) is 11.8 Å². The molecular formula is C16H23N3O2S. The lowest BCUT2D eigenvalue weighted by Gasteiger charge is -2.43. The zero-order valence-corrected chi connectivity index (χ0v) is 13.6. The second-order valence-electron chi connectivity index (χ2n) is 6.16. The summed E-state index contributed by atoms with van der Waals surface area (Å²) < 4.78 is 0. The van der Waals surface area contributed by atoms with E-state index in [1.165, 1.54) is 49.5 Å². The van der Waals surface area contributed by atoms with Gasteiger partial charge in [0.1, 0.15) is 0 Å². The van der Waals surface area contributed by atoms with Gasteiger partial charge in [0.15, 0.2) is 0 Å². The number of nitrogens with zero attached hydrogens (tertiary/aromatic N) is 1. The SMILES string of the molecule is O=C(NCC1(N2CCSCC2)CCCC1)c1ccc(=O)[nH]c1. The summed E-state index contributed by atoms with van der Waals surface area (Å²) >= 11 is 2.02. The number of aromatic amines is 1. The van der Waals surface area contributed by atoms with Crippen LogP contribution in [0.2, 0.25) is 0 Å². The van der Waals surface area contributed by atoms with Crippen molar-refractivity contribution in [3.05, 3.63) is 34.2 Å². The van der Waals surface area contributed by atoms with Gasteiger partial charge in [-0.1, -0.05) is 12.8 Å². The van der Waals surface area contributed by atoms with E-state index >= 15 is 0 Å². The number of carbonyl (C=O) groups excluding carboxylic acids is 1. The van der Waals surface area contributed by atoms with Gasteiger partial charge in [0, 0.05) is 48.9 Å². The highest BCUT2D eigenvalue weighted by molar-refractivity contribution is 7.99. The van der Waals surface area contributed by atoms with Gasteiger partial charge < -0.3 is 10.3 Å². The Labute approximate surface area is 134 Å². The van der Waals surface area contributed by atoms with Crippen LogP contribution in [0.4, 0.5) is 0 Å². The van der Waals surface area contributed by atoms with Crippen molar-refractivity contribution in [3.63, 3.8) is 0 Å². The first-order chi connectivity index (χ1) is 10.7. The molecule has 0 radical (unpaired) electrons. The van der Waals surface area contributed by atoms with Crippen LogP contribution in [0.15, 0.2) is 23.1 Å². The largest absolute Gasteiger partial charge is 0.350 e. The molecule has 0 atom stereocenters. The molecule has 0 aromatic carbocycles. The van der Waals surface area contributed by atoms with E-state index in [1.807, 2.05) is 11.8 Å². The molecule has 6 heteroatoms. The van der Waals surface area contributed by atoms with Crippen molar-refractivity contribution in [1.82, 2.24) is 15.2 Å². The van der Waals surface area contributed by atoms with Gasteiger partial charge in [0.2, 0.25) is 5.56 Å². The normalized spacial score (nSPS) is 21.6. The molecule has 2 heterocycles. The van der Waals surface area contributed by atoms with E-state index in [2.05, 4.69) is 15.2 Å². The highest BCUT2D eigenvalue weighted by Gasteiger charge is 2.40. The highest BCUT2D eigenvalue weighted by atomic mass is 32.2. The Kier molecular flexibility index (Phi) is 4.88. The summed E-state index contributed by atoms with van der Waals surface area (Å²) in [7, 11) is 0. The van der Waals surface area contributed by atoms with Gasteiger partial charge in [-0.05, 0) is 18.9 Å². The average molecular weight is 321 g/mol. The molecule has 1 aliphatic heterocycles. The first-order valence-electron chi connectivity index (χ1n) is 7.99. The number of thioether (sulfide) groups is 1. The van der Waals surface area contributed by atoms with Crippen molar-refractivity contribution >= 4 is 17.7 Å². The number of pyridine rings is 1. The molecule has 1 saturated heterocycles. The van der Waals surface area contributed by atoms with Crippen LogP contribution in [-0.4, -0.2) is 52.5 Å². The highest BCUT2D eigenvalue weighted by Crippen LogP contribution is 2.36. The van der Waals surface area contributed by atoms with Gasteiger partial charge in [-0.25, -0.2) is 0 Å². The number of amides is 1. The van der Waals surface area contributed by atoms with E-state index < -0.39 is 0 Å². The van der Waals surface area contributed by atoms with Gasteiger partial charge in [-0.3, -0.25) is 14.5 Å². The average Bonchev–Trinajstić information content (AvgIpc) is 3.04. The molecule has 1 aromatic rings. The summed E-state index contributed by atoms with van der Waals surface area (Å²) in [6.45, 7) is 2.95. The number of rotatable bonds is 4. The zero-order valence-electron chi connectivity index (χ0n) is 12.8. The molecule has 5 nitrogen and oxygen atoms in total. The first kappa shape index (κ1) is 15.6. The first-order valence-corrected chi connectivity index (χ1v) is 9.15. The van der Waals surface area contributed by atoms with E-state index in [0.29, 0.717) is 12.1 Å². The predicted molar refractivity (Wildman–Crippen MR) is 89.5 cm³/mol. The third kappa shape index (κ3) is 3.38. The minimum atomic E-state index is -0.186. The molecule has 1 aliphatic carbocycles. The Morgan fingerprint density at radius 1 is 1.27 bits per heavy atom. The van der Waals surface area contributed by atoms with Crippen molar-refractivity contribution < 1.29 is 4.79 Å². The van der Waals surface area contributed by atoms with Gasteiger partial charge in [0.25, 0.3) is 5.91 Å². The molecule has 0 spiro atoms. The molecule has 1 amide bonds. The molecule has 22 heavy (non-hydrogen) atoms. The third-order valence-corrected chi connectivity index (χ3v) is 5.78. The van der Waals surface area contributed by atoms with Crippen LogP contribution in [0, 0.1) is 0 Å². The van der Waals surface area contributed by atoms with Gasteiger partial charge in [0.05, 0.1) is 5.56 Å². The summed E-state index contributed by atoms with van der Waals surface area (Å²) in [6, 6.07) is 2.97. The number of nitrogens with one attached hydrogen (secondary N) is 2. The van der Waals surface area contributed by atoms with E-state index in [0.717, 1.165) is 13.1 Å². The zero-order chi connectivity index (χ0) is 15.4. The van der Waals surface area contributed by atoms with Crippen molar-refractivity contribution in [2.45, 2.75) is 31.2 Å². The fraction of sp³-hybridized carbons (Fsp3) is 0.625. The van der Waals surface area contributed by atoms with Crippen LogP contribution in [0.5, 0.6) is 0 Å². The summed E-state index contributed by atoms with van der Waals surface area (Å²) in [4.78, 5) is 28.5. The molecule has 1 saturated carbocycles. The third-order valence-electron chi connectivity index (χ3n) is 4.84. The van der Waals surface area contributed by atoms with Crippen LogP contribution < -0.4 is 10.9 Å². The Hall–Kier alpha value is -1.27. The molecule has 2 N–H and O–H groups in total. The van der Waals surface area contributed by atoms with Crippen molar-refractivity contribution in [2.75, 3.05) is 31.1 Å². The van der Waals surface area contributed by atoms with Crippen LogP contribution in [-0.2, 0) is 0 Å². The molecule has 2 aliphatic rings. The topological polar surface area (TPSA) is 65.2 Å². The Morgan fingerprint density at radius 2 is 2.00 bits per heavy atom. The Morgan fingerprint density at radius 3 is 2.64 bits per heavy atom. The predicted octanol–water partition coefficient (Wildman–Crippen LogP) is 1.47. The maximum Gasteiger partial charge on any atom is 0.252 e. The number of hydrogen-bond donors (Lipinski definition) is 2. The van der Waals surface area contributed by atoms with Crippen LogP contribution in [0.25, 0.3) is 0 Å². The second kappa shape index (κ2) is 6.87. The summed E-state index contributed by atoms with van der Waals surface area (Å²) in [5.41, 5.74) is 0.468. The molecule has 0 unspecified atom stereocenters. The number of H-pyrrole nitrogens is 1.